The van der Waals surface area contributed by atoms with Crippen molar-refractivity contribution < 1.29 is 9.18 Å². The lowest BCUT2D eigenvalue weighted by Gasteiger charge is -2.09. The lowest BCUT2D eigenvalue weighted by Crippen LogP contribution is -2.24. The summed E-state index contributed by atoms with van der Waals surface area (Å²) in [7, 11) is 0. The van der Waals surface area contributed by atoms with Crippen LogP contribution in [0.2, 0.25) is 0 Å². The maximum Gasteiger partial charge on any atom is 0.270 e. The highest BCUT2D eigenvalue weighted by Gasteiger charge is 2.09. The quantitative estimate of drug-likeness (QED) is 0.747. The smallest absolute Gasteiger partial charge is 0.270 e. The predicted molar refractivity (Wildman–Crippen MR) is 94.1 cm³/mol. The number of rotatable bonds is 5. The molecule has 1 amide bonds. The van der Waals surface area contributed by atoms with Crippen molar-refractivity contribution in [2.75, 3.05) is 5.32 Å². The number of carbonyl (C=O) groups excluding carboxylic acids is 1. The van der Waals surface area contributed by atoms with E-state index in [-0.39, 0.29) is 23.4 Å². The normalized spacial score (nSPS) is 10.3. The number of nitrogens with zero attached hydrogens (tertiary/aromatic N) is 2. The third-order valence-electron chi connectivity index (χ3n) is 3.67. The van der Waals surface area contributed by atoms with Gasteiger partial charge in [-0.3, -0.25) is 4.79 Å². The number of aryl methyl sites for hydroxylation is 1. The molecule has 0 saturated carbocycles. The summed E-state index contributed by atoms with van der Waals surface area (Å²) in [5.74, 6) is -0.431. The molecule has 6 heteroatoms. The Kier molecular flexibility index (Phi) is 4.99. The molecular weight excluding hydrogens is 319 g/mol. The van der Waals surface area contributed by atoms with Crippen molar-refractivity contribution in [3.05, 3.63) is 83.4 Å². The summed E-state index contributed by atoms with van der Waals surface area (Å²) in [6, 6.07) is 15.3. The van der Waals surface area contributed by atoms with Gasteiger partial charge in [0.15, 0.2) is 0 Å². The number of carbonyl (C=O) groups is 1. The highest BCUT2D eigenvalue weighted by atomic mass is 19.1. The van der Waals surface area contributed by atoms with Crippen molar-refractivity contribution in [3.63, 3.8) is 0 Å². The highest BCUT2D eigenvalue weighted by Crippen LogP contribution is 2.14. The Morgan fingerprint density at radius 2 is 1.96 bits per heavy atom. The molecule has 0 fully saturated rings. The fourth-order valence-electron chi connectivity index (χ4n) is 2.32. The van der Waals surface area contributed by atoms with E-state index in [1.165, 1.54) is 24.4 Å². The molecule has 3 aromatic rings. The van der Waals surface area contributed by atoms with Gasteiger partial charge in [-0.05, 0) is 42.3 Å². The van der Waals surface area contributed by atoms with Gasteiger partial charge in [0, 0.05) is 18.4 Å². The summed E-state index contributed by atoms with van der Waals surface area (Å²) in [5.41, 5.74) is 2.90. The van der Waals surface area contributed by atoms with Crippen molar-refractivity contribution in [2.24, 2.45) is 0 Å². The highest BCUT2D eigenvalue weighted by molar-refractivity contribution is 5.92. The molecule has 1 aromatic heterocycles. The van der Waals surface area contributed by atoms with Crippen LogP contribution in [0.15, 0.2) is 60.8 Å². The van der Waals surface area contributed by atoms with Crippen molar-refractivity contribution in [3.8, 4) is 0 Å². The summed E-state index contributed by atoms with van der Waals surface area (Å²) in [5, 5.41) is 5.72. The fourth-order valence-corrected chi connectivity index (χ4v) is 2.32. The molecule has 2 aromatic carbocycles. The van der Waals surface area contributed by atoms with Crippen molar-refractivity contribution in [1.82, 2.24) is 15.3 Å². The first-order valence-electron chi connectivity index (χ1n) is 7.80. The van der Waals surface area contributed by atoms with Gasteiger partial charge in [-0.1, -0.05) is 30.3 Å². The van der Waals surface area contributed by atoms with Crippen LogP contribution in [-0.2, 0) is 6.54 Å². The number of aromatic nitrogens is 2. The molecule has 0 atom stereocenters. The Hall–Kier alpha value is -3.28. The fraction of sp³-hybridized carbons (Fsp3) is 0.105. The topological polar surface area (TPSA) is 66.9 Å². The van der Waals surface area contributed by atoms with E-state index in [9.17, 15) is 9.18 Å². The van der Waals surface area contributed by atoms with Crippen molar-refractivity contribution >= 4 is 17.5 Å². The van der Waals surface area contributed by atoms with E-state index in [2.05, 4.69) is 20.6 Å². The minimum atomic E-state index is -0.364. The molecule has 126 valence electrons. The third-order valence-corrected chi connectivity index (χ3v) is 3.67. The van der Waals surface area contributed by atoms with Crippen LogP contribution in [0.1, 0.15) is 21.6 Å². The number of halogens is 1. The van der Waals surface area contributed by atoms with Crippen LogP contribution in [0.3, 0.4) is 0 Å². The summed E-state index contributed by atoms with van der Waals surface area (Å²) in [6.45, 7) is 2.41. The molecule has 0 bridgehead atoms. The van der Waals surface area contributed by atoms with E-state index < -0.39 is 0 Å². The first kappa shape index (κ1) is 16.6. The second-order valence-electron chi connectivity index (χ2n) is 5.51. The number of benzene rings is 2. The standard InChI is InChI=1S/C19H17FN4O/c1-13-5-2-3-6-14(13)12-22-18(25)17-9-10-21-19(24-17)23-16-8-4-7-15(20)11-16/h2-11H,12H2,1H3,(H,22,25)(H,21,23,24). The van der Waals surface area contributed by atoms with Crippen molar-refractivity contribution in [1.29, 1.82) is 0 Å². The number of hydrogen-bond acceptors (Lipinski definition) is 4. The van der Waals surface area contributed by atoms with E-state index >= 15 is 0 Å². The number of nitrogens with one attached hydrogen (secondary N) is 2. The molecule has 0 saturated heterocycles. The summed E-state index contributed by atoms with van der Waals surface area (Å²) in [4.78, 5) is 20.5. The van der Waals surface area contributed by atoms with Crippen LogP contribution < -0.4 is 10.6 Å². The minimum absolute atomic E-state index is 0.231. The van der Waals surface area contributed by atoms with Crippen LogP contribution in [0.4, 0.5) is 16.0 Å². The summed E-state index contributed by atoms with van der Waals surface area (Å²) in [6.07, 6.45) is 1.48. The van der Waals surface area contributed by atoms with Gasteiger partial charge >= 0.3 is 0 Å². The van der Waals surface area contributed by atoms with Gasteiger partial charge < -0.3 is 10.6 Å². The van der Waals surface area contributed by atoms with Gasteiger partial charge in [0.25, 0.3) is 5.91 Å². The van der Waals surface area contributed by atoms with E-state index in [1.54, 1.807) is 12.1 Å². The molecule has 0 spiro atoms. The first-order valence-corrected chi connectivity index (χ1v) is 7.80. The summed E-state index contributed by atoms with van der Waals surface area (Å²) < 4.78 is 13.2. The molecule has 0 aliphatic carbocycles. The lowest BCUT2D eigenvalue weighted by molar-refractivity contribution is 0.0946. The zero-order valence-electron chi connectivity index (χ0n) is 13.7. The van der Waals surface area contributed by atoms with Crippen LogP contribution in [-0.4, -0.2) is 15.9 Å². The monoisotopic (exact) mass is 336 g/mol. The molecule has 0 unspecified atom stereocenters. The van der Waals surface area contributed by atoms with Crippen LogP contribution in [0, 0.1) is 12.7 Å². The van der Waals surface area contributed by atoms with E-state index in [4.69, 9.17) is 0 Å². The van der Waals surface area contributed by atoms with Gasteiger partial charge in [-0.15, -0.1) is 0 Å². The molecule has 0 aliphatic heterocycles. The largest absolute Gasteiger partial charge is 0.347 e. The maximum atomic E-state index is 13.2. The van der Waals surface area contributed by atoms with E-state index in [0.29, 0.717) is 12.2 Å². The second kappa shape index (κ2) is 7.53. The Balaban J connectivity index is 1.68. The molecule has 3 rings (SSSR count). The van der Waals surface area contributed by atoms with Gasteiger partial charge in [0.1, 0.15) is 11.5 Å². The molecule has 2 N–H and O–H groups in total. The van der Waals surface area contributed by atoms with Crippen molar-refractivity contribution in [2.45, 2.75) is 13.5 Å². The molecule has 0 aliphatic rings. The lowest BCUT2D eigenvalue weighted by atomic mass is 10.1. The van der Waals surface area contributed by atoms with Gasteiger partial charge in [0.05, 0.1) is 0 Å². The van der Waals surface area contributed by atoms with Crippen LogP contribution in [0.25, 0.3) is 0 Å². The second-order valence-corrected chi connectivity index (χ2v) is 5.51. The molecule has 1 heterocycles. The van der Waals surface area contributed by atoms with Crippen LogP contribution >= 0.6 is 0 Å². The number of amides is 1. The average molecular weight is 336 g/mol. The molecule has 25 heavy (non-hydrogen) atoms. The molecular formula is C19H17FN4O. The maximum absolute atomic E-state index is 13.2. The molecule has 0 radical (unpaired) electrons. The molecule has 5 nitrogen and oxygen atoms in total. The number of anilines is 2. The summed E-state index contributed by atoms with van der Waals surface area (Å²) >= 11 is 0. The SMILES string of the molecule is Cc1ccccc1CNC(=O)c1ccnc(Nc2cccc(F)c2)n1. The number of hydrogen-bond donors (Lipinski definition) is 2. The van der Waals surface area contributed by atoms with Gasteiger partial charge in [-0.2, -0.15) is 0 Å². The Morgan fingerprint density at radius 3 is 2.76 bits per heavy atom. The van der Waals surface area contributed by atoms with Gasteiger partial charge in [-0.25, -0.2) is 14.4 Å². The zero-order chi connectivity index (χ0) is 17.6. The third kappa shape index (κ3) is 4.38. The first-order chi connectivity index (χ1) is 12.1. The Bertz CT molecular complexity index is 898. The van der Waals surface area contributed by atoms with E-state index in [0.717, 1.165) is 11.1 Å². The average Bonchev–Trinajstić information content (AvgIpc) is 2.61. The van der Waals surface area contributed by atoms with Crippen LogP contribution in [0.5, 0.6) is 0 Å². The Morgan fingerprint density at radius 1 is 1.12 bits per heavy atom. The van der Waals surface area contributed by atoms with Gasteiger partial charge in [0.2, 0.25) is 5.95 Å². The minimum Gasteiger partial charge on any atom is -0.347 e. The zero-order valence-corrected chi connectivity index (χ0v) is 13.7. The predicted octanol–water partition coefficient (Wildman–Crippen LogP) is 3.60. The Labute approximate surface area is 145 Å². The van der Waals surface area contributed by atoms with E-state index in [1.807, 2.05) is 31.2 Å².